The second kappa shape index (κ2) is 6.99. The molecule has 0 aliphatic rings. The molecular formula is C12H21NO2S. The minimum absolute atomic E-state index is 0.0583. The minimum atomic E-state index is -0.443. The highest BCUT2D eigenvalue weighted by molar-refractivity contribution is 7.09. The van der Waals surface area contributed by atoms with Crippen molar-refractivity contribution in [1.29, 1.82) is 0 Å². The average Bonchev–Trinajstić information content (AvgIpc) is 2.63. The molecule has 3 nitrogen and oxygen atoms in total. The lowest BCUT2D eigenvalue weighted by Crippen LogP contribution is -2.31. The Morgan fingerprint density at radius 2 is 2.25 bits per heavy atom. The van der Waals surface area contributed by atoms with Crippen LogP contribution in [0.3, 0.4) is 0 Å². The van der Waals surface area contributed by atoms with E-state index in [-0.39, 0.29) is 6.10 Å². The summed E-state index contributed by atoms with van der Waals surface area (Å²) in [5.41, 5.74) is 0.968. The fourth-order valence-corrected chi connectivity index (χ4v) is 2.36. The molecule has 1 N–H and O–H groups in total. The number of ether oxygens (including phenoxy) is 1. The van der Waals surface area contributed by atoms with Gasteiger partial charge in [-0.2, -0.15) is 0 Å². The van der Waals surface area contributed by atoms with Crippen molar-refractivity contribution in [2.24, 2.45) is 0 Å². The normalized spacial score (nSPS) is 15.0. The summed E-state index contributed by atoms with van der Waals surface area (Å²) in [7, 11) is 0. The maximum atomic E-state index is 10.1. The maximum Gasteiger partial charge on any atom is 0.0897 e. The van der Waals surface area contributed by atoms with Gasteiger partial charge in [-0.05, 0) is 20.3 Å². The highest BCUT2D eigenvalue weighted by Gasteiger charge is 2.19. The molecule has 0 saturated heterocycles. The molecule has 1 rings (SSSR count). The van der Waals surface area contributed by atoms with Crippen LogP contribution in [0, 0.1) is 6.92 Å². The van der Waals surface area contributed by atoms with Crippen LogP contribution >= 0.6 is 11.3 Å². The Hall–Kier alpha value is -0.450. The van der Waals surface area contributed by atoms with Gasteiger partial charge in [0.1, 0.15) is 0 Å². The van der Waals surface area contributed by atoms with Crippen LogP contribution in [0.15, 0.2) is 5.38 Å². The largest absolute Gasteiger partial charge is 0.390 e. The van der Waals surface area contributed by atoms with Crippen LogP contribution < -0.4 is 0 Å². The molecule has 2 atom stereocenters. The number of aromatic nitrogens is 1. The van der Waals surface area contributed by atoms with Crippen LogP contribution in [0.2, 0.25) is 0 Å². The number of aliphatic hydroxyl groups is 1. The Morgan fingerprint density at radius 3 is 2.75 bits per heavy atom. The van der Waals surface area contributed by atoms with Gasteiger partial charge in [0.2, 0.25) is 0 Å². The first-order chi connectivity index (χ1) is 7.67. The first kappa shape index (κ1) is 13.6. The first-order valence-corrected chi connectivity index (χ1v) is 6.76. The SMILES string of the molecule is CCCC(OCC)C(O)Cc1csc(C)n1. The third-order valence-electron chi connectivity index (χ3n) is 2.47. The Morgan fingerprint density at radius 1 is 1.50 bits per heavy atom. The monoisotopic (exact) mass is 243 g/mol. The van der Waals surface area contributed by atoms with Crippen molar-refractivity contribution < 1.29 is 9.84 Å². The average molecular weight is 243 g/mol. The molecule has 1 aromatic heterocycles. The molecule has 0 spiro atoms. The minimum Gasteiger partial charge on any atom is -0.390 e. The standard InChI is InChI=1S/C12H21NO2S/c1-4-6-12(15-5-2)11(14)7-10-8-16-9(3)13-10/h8,11-12,14H,4-7H2,1-3H3. The molecule has 0 saturated carbocycles. The Labute approximate surface area is 101 Å². The number of nitrogens with zero attached hydrogens (tertiary/aromatic N) is 1. The summed E-state index contributed by atoms with van der Waals surface area (Å²) in [6, 6.07) is 0. The van der Waals surface area contributed by atoms with Gasteiger partial charge in [-0.25, -0.2) is 4.98 Å². The van der Waals surface area contributed by atoms with Crippen molar-refractivity contribution in [3.63, 3.8) is 0 Å². The number of aryl methyl sites for hydroxylation is 1. The van der Waals surface area contributed by atoms with Crippen molar-refractivity contribution >= 4 is 11.3 Å². The highest BCUT2D eigenvalue weighted by atomic mass is 32.1. The van der Waals surface area contributed by atoms with Gasteiger partial charge in [-0.3, -0.25) is 0 Å². The van der Waals surface area contributed by atoms with Gasteiger partial charge in [0.05, 0.1) is 22.9 Å². The van der Waals surface area contributed by atoms with E-state index in [0.717, 1.165) is 23.5 Å². The number of hydrogen-bond donors (Lipinski definition) is 1. The summed E-state index contributed by atoms with van der Waals surface area (Å²) in [6.45, 7) is 6.69. The van der Waals surface area contributed by atoms with Crippen molar-refractivity contribution in [1.82, 2.24) is 4.98 Å². The number of aliphatic hydroxyl groups excluding tert-OH is 1. The Bertz CT molecular complexity index is 295. The molecule has 0 fully saturated rings. The quantitative estimate of drug-likeness (QED) is 0.800. The van der Waals surface area contributed by atoms with Gasteiger partial charge < -0.3 is 9.84 Å². The van der Waals surface area contributed by atoms with E-state index < -0.39 is 6.10 Å². The first-order valence-electron chi connectivity index (χ1n) is 5.88. The van der Waals surface area contributed by atoms with Crippen molar-refractivity contribution in [2.75, 3.05) is 6.61 Å². The third kappa shape index (κ3) is 4.20. The second-order valence-electron chi connectivity index (χ2n) is 3.91. The molecular weight excluding hydrogens is 222 g/mol. The lowest BCUT2D eigenvalue weighted by molar-refractivity contribution is -0.0366. The van der Waals surface area contributed by atoms with E-state index in [2.05, 4.69) is 11.9 Å². The summed E-state index contributed by atoms with van der Waals surface area (Å²) < 4.78 is 5.55. The maximum absolute atomic E-state index is 10.1. The van der Waals surface area contributed by atoms with E-state index in [4.69, 9.17) is 4.74 Å². The second-order valence-corrected chi connectivity index (χ2v) is 4.97. The smallest absolute Gasteiger partial charge is 0.0897 e. The zero-order valence-electron chi connectivity index (χ0n) is 10.3. The van der Waals surface area contributed by atoms with Crippen molar-refractivity contribution in [3.8, 4) is 0 Å². The molecule has 0 aliphatic heterocycles. The van der Waals surface area contributed by atoms with Gasteiger partial charge in [0, 0.05) is 18.4 Å². The molecule has 0 amide bonds. The summed E-state index contributed by atoms with van der Waals surface area (Å²) >= 11 is 1.62. The fourth-order valence-electron chi connectivity index (χ4n) is 1.73. The van der Waals surface area contributed by atoms with E-state index >= 15 is 0 Å². The van der Waals surface area contributed by atoms with Gasteiger partial charge in [-0.15, -0.1) is 11.3 Å². The Kier molecular flexibility index (Phi) is 5.95. The molecule has 0 bridgehead atoms. The van der Waals surface area contributed by atoms with E-state index in [1.54, 1.807) is 11.3 Å². The molecule has 0 aliphatic carbocycles. The molecule has 92 valence electrons. The fraction of sp³-hybridized carbons (Fsp3) is 0.750. The van der Waals surface area contributed by atoms with Crippen LogP contribution in [0.25, 0.3) is 0 Å². The summed E-state index contributed by atoms with van der Waals surface area (Å²) in [4.78, 5) is 4.36. The highest BCUT2D eigenvalue weighted by Crippen LogP contribution is 2.15. The van der Waals surface area contributed by atoms with Crippen LogP contribution in [-0.4, -0.2) is 28.9 Å². The molecule has 0 aromatic carbocycles. The predicted octanol–water partition coefficient (Wildman–Crippen LogP) is 2.56. The number of rotatable bonds is 7. The van der Waals surface area contributed by atoms with E-state index in [1.165, 1.54) is 0 Å². The molecule has 16 heavy (non-hydrogen) atoms. The van der Waals surface area contributed by atoms with Crippen LogP contribution in [0.5, 0.6) is 0 Å². The molecule has 2 unspecified atom stereocenters. The van der Waals surface area contributed by atoms with Gasteiger partial charge in [-0.1, -0.05) is 13.3 Å². The van der Waals surface area contributed by atoms with Gasteiger partial charge >= 0.3 is 0 Å². The summed E-state index contributed by atoms with van der Waals surface area (Å²) in [6.07, 6.45) is 2.02. The lowest BCUT2D eigenvalue weighted by Gasteiger charge is -2.21. The third-order valence-corrected chi connectivity index (χ3v) is 3.29. The van der Waals surface area contributed by atoms with Crippen molar-refractivity contribution in [3.05, 3.63) is 16.1 Å². The van der Waals surface area contributed by atoms with E-state index in [1.807, 2.05) is 19.2 Å². The number of thiazole rings is 1. The van der Waals surface area contributed by atoms with E-state index in [9.17, 15) is 5.11 Å². The molecule has 1 heterocycles. The van der Waals surface area contributed by atoms with Crippen LogP contribution in [0.1, 0.15) is 37.4 Å². The molecule has 1 aromatic rings. The van der Waals surface area contributed by atoms with Crippen LogP contribution in [-0.2, 0) is 11.2 Å². The van der Waals surface area contributed by atoms with Crippen LogP contribution in [0.4, 0.5) is 0 Å². The molecule has 0 radical (unpaired) electrons. The lowest BCUT2D eigenvalue weighted by atomic mass is 10.0. The summed E-state index contributed by atoms with van der Waals surface area (Å²) in [5.74, 6) is 0. The van der Waals surface area contributed by atoms with Gasteiger partial charge in [0.15, 0.2) is 0 Å². The zero-order valence-corrected chi connectivity index (χ0v) is 11.1. The van der Waals surface area contributed by atoms with Gasteiger partial charge in [0.25, 0.3) is 0 Å². The number of hydrogen-bond acceptors (Lipinski definition) is 4. The predicted molar refractivity (Wildman–Crippen MR) is 66.9 cm³/mol. The zero-order chi connectivity index (χ0) is 12.0. The molecule has 4 heteroatoms. The topological polar surface area (TPSA) is 42.4 Å². The summed E-state index contributed by atoms with van der Waals surface area (Å²) in [5, 5.41) is 13.1. The Balaban J connectivity index is 2.50. The van der Waals surface area contributed by atoms with E-state index in [0.29, 0.717) is 13.0 Å². The van der Waals surface area contributed by atoms with Crippen molar-refractivity contribution in [2.45, 2.75) is 52.2 Å².